The fraction of sp³-hybridized carbons (Fsp3) is 0.800. The maximum absolute atomic E-state index is 10.4. The van der Waals surface area contributed by atoms with E-state index < -0.39 is 0 Å². The van der Waals surface area contributed by atoms with Crippen molar-refractivity contribution in [3.05, 3.63) is 0 Å². The number of carbonyl (C=O) groups excluding carboxylic acids is 2. The van der Waals surface area contributed by atoms with Crippen LogP contribution in [0.15, 0.2) is 0 Å². The van der Waals surface area contributed by atoms with Crippen molar-refractivity contribution in [2.75, 3.05) is 11.5 Å². The fourth-order valence-electron chi connectivity index (χ4n) is 0.940. The van der Waals surface area contributed by atoms with E-state index in [0.717, 1.165) is 0 Å². The molecule has 88 valence electrons. The molecular weight excluding hydrogens is 234 g/mol. The van der Waals surface area contributed by atoms with Gasteiger partial charge in [0.1, 0.15) is 0 Å². The van der Waals surface area contributed by atoms with Crippen LogP contribution in [-0.4, -0.2) is 27.7 Å². The Morgan fingerprint density at radius 2 is 1.53 bits per heavy atom. The van der Waals surface area contributed by atoms with E-state index in [1.54, 1.807) is 0 Å². The minimum absolute atomic E-state index is 0.266. The summed E-state index contributed by atoms with van der Waals surface area (Å²) in [6.07, 6.45) is 3.18. The summed E-state index contributed by atoms with van der Waals surface area (Å²) < 4.78 is 0.639. The third-order valence-electron chi connectivity index (χ3n) is 1.69. The molecule has 0 N–H and O–H groups in total. The molecule has 1 aliphatic rings. The highest BCUT2D eigenvalue weighted by molar-refractivity contribution is 7.99. The lowest BCUT2D eigenvalue weighted by molar-refractivity contribution is -0.132. The molecule has 1 fully saturated rings. The normalized spacial score (nSPS) is 15.3. The lowest BCUT2D eigenvalue weighted by Crippen LogP contribution is -2.16. The Labute approximate surface area is 101 Å². The molecule has 0 aromatic carbocycles. The van der Waals surface area contributed by atoms with Gasteiger partial charge in [0, 0.05) is 24.6 Å². The van der Waals surface area contributed by atoms with Crippen LogP contribution < -0.4 is 0 Å². The van der Waals surface area contributed by atoms with Crippen molar-refractivity contribution >= 4 is 35.4 Å². The van der Waals surface area contributed by atoms with Gasteiger partial charge in [-0.25, -0.2) is 0 Å². The molecular formula is C10H18ClNO2S. The summed E-state index contributed by atoms with van der Waals surface area (Å²) in [4.78, 5) is 20.7. The van der Waals surface area contributed by atoms with Crippen molar-refractivity contribution in [1.29, 1.82) is 0 Å². The van der Waals surface area contributed by atoms with Crippen molar-refractivity contribution in [2.24, 2.45) is 0 Å². The number of hydrogen-bond acceptors (Lipinski definition) is 3. The molecule has 1 heterocycles. The number of hydrogen-bond donors (Lipinski definition) is 0. The van der Waals surface area contributed by atoms with E-state index >= 15 is 0 Å². The van der Waals surface area contributed by atoms with Crippen molar-refractivity contribution in [3.8, 4) is 0 Å². The van der Waals surface area contributed by atoms with Gasteiger partial charge in [0.2, 0.25) is 11.8 Å². The van der Waals surface area contributed by atoms with Gasteiger partial charge in [-0.2, -0.15) is 16.2 Å². The largest absolute Gasteiger partial charge is 0.273 e. The summed E-state index contributed by atoms with van der Waals surface area (Å²) in [5, 5.41) is 0. The van der Waals surface area contributed by atoms with Crippen molar-refractivity contribution in [2.45, 2.75) is 39.5 Å². The third-order valence-corrected chi connectivity index (χ3v) is 3.46. The molecule has 0 radical (unpaired) electrons. The summed E-state index contributed by atoms with van der Waals surface area (Å²) in [6, 6.07) is 0. The molecule has 1 rings (SSSR count). The van der Waals surface area contributed by atoms with Gasteiger partial charge in [0.05, 0.1) is 0 Å². The molecule has 0 aliphatic carbocycles. The molecule has 5 heteroatoms. The van der Waals surface area contributed by atoms with E-state index in [0.29, 0.717) is 4.42 Å². The number of amides is 2. The van der Waals surface area contributed by atoms with Gasteiger partial charge in [-0.05, 0) is 24.3 Å². The Kier molecular flexibility index (Phi) is 8.91. The second kappa shape index (κ2) is 9.04. The zero-order valence-electron chi connectivity index (χ0n) is 9.29. The molecule has 0 bridgehead atoms. The second-order valence-electron chi connectivity index (χ2n) is 3.18. The number of rotatable bonds is 4. The molecule has 1 saturated heterocycles. The number of carbonyl (C=O) groups is 2. The van der Waals surface area contributed by atoms with Gasteiger partial charge < -0.3 is 0 Å². The van der Waals surface area contributed by atoms with Crippen LogP contribution in [0.1, 0.15) is 39.5 Å². The van der Waals surface area contributed by atoms with Gasteiger partial charge in [-0.3, -0.25) is 9.59 Å². The molecule has 3 nitrogen and oxygen atoms in total. The number of thioether (sulfide) groups is 1. The van der Waals surface area contributed by atoms with E-state index in [1.807, 2.05) is 0 Å². The SMILES string of the molecule is CCCSCCC.O=C1CCC(=O)N1Cl. The summed E-state index contributed by atoms with van der Waals surface area (Å²) in [5.74, 6) is 2.09. The maximum atomic E-state index is 10.4. The highest BCUT2D eigenvalue weighted by Gasteiger charge is 2.26. The number of halogens is 1. The zero-order valence-corrected chi connectivity index (χ0v) is 10.9. The molecule has 0 aromatic rings. The highest BCUT2D eigenvalue weighted by Crippen LogP contribution is 2.12. The van der Waals surface area contributed by atoms with Crippen molar-refractivity contribution in [3.63, 3.8) is 0 Å². The Morgan fingerprint density at radius 3 is 1.73 bits per heavy atom. The van der Waals surface area contributed by atoms with Crippen molar-refractivity contribution < 1.29 is 9.59 Å². The predicted molar refractivity (Wildman–Crippen MR) is 64.8 cm³/mol. The average molecular weight is 252 g/mol. The maximum Gasteiger partial charge on any atom is 0.244 e. The summed E-state index contributed by atoms with van der Waals surface area (Å²) >= 11 is 7.20. The smallest absolute Gasteiger partial charge is 0.244 e. The molecule has 0 spiro atoms. The topological polar surface area (TPSA) is 37.4 Å². The minimum Gasteiger partial charge on any atom is -0.273 e. The third kappa shape index (κ3) is 6.79. The van der Waals surface area contributed by atoms with Crippen LogP contribution in [0, 0.1) is 0 Å². The summed E-state index contributed by atoms with van der Waals surface area (Å²) in [7, 11) is 0. The van der Waals surface area contributed by atoms with Crippen LogP contribution in [-0.2, 0) is 9.59 Å². The van der Waals surface area contributed by atoms with Crippen LogP contribution in [0.4, 0.5) is 0 Å². The summed E-state index contributed by atoms with van der Waals surface area (Å²) in [5.41, 5.74) is 0. The summed E-state index contributed by atoms with van der Waals surface area (Å²) in [6.45, 7) is 4.45. The first-order chi connectivity index (χ1) is 7.13. The van der Waals surface area contributed by atoms with Gasteiger partial charge >= 0.3 is 0 Å². The van der Waals surface area contributed by atoms with Crippen LogP contribution in [0.5, 0.6) is 0 Å². The second-order valence-corrected chi connectivity index (χ2v) is 4.74. The lowest BCUT2D eigenvalue weighted by Gasteiger charge is -1.96. The Morgan fingerprint density at radius 1 is 1.13 bits per heavy atom. The zero-order chi connectivity index (χ0) is 11.7. The van der Waals surface area contributed by atoms with E-state index in [9.17, 15) is 9.59 Å². The molecule has 15 heavy (non-hydrogen) atoms. The molecule has 2 amide bonds. The van der Waals surface area contributed by atoms with E-state index in [2.05, 4.69) is 25.6 Å². The van der Waals surface area contributed by atoms with Crippen LogP contribution in [0.3, 0.4) is 0 Å². The quantitative estimate of drug-likeness (QED) is 0.438. The van der Waals surface area contributed by atoms with Crippen LogP contribution >= 0.6 is 23.5 Å². The average Bonchev–Trinajstić information content (AvgIpc) is 2.52. The molecule has 0 aromatic heterocycles. The first-order valence-electron chi connectivity index (χ1n) is 5.22. The molecule has 0 atom stereocenters. The monoisotopic (exact) mass is 251 g/mol. The first kappa shape index (κ1) is 14.8. The molecule has 0 unspecified atom stereocenters. The Balaban J connectivity index is 0.000000265. The predicted octanol–water partition coefficient (Wildman–Crippen LogP) is 2.83. The van der Waals surface area contributed by atoms with Crippen molar-refractivity contribution in [1.82, 2.24) is 4.42 Å². The minimum atomic E-state index is -0.295. The first-order valence-corrected chi connectivity index (χ1v) is 6.72. The highest BCUT2D eigenvalue weighted by atomic mass is 35.5. The van der Waals surface area contributed by atoms with E-state index in [1.165, 1.54) is 24.3 Å². The number of imide groups is 1. The van der Waals surface area contributed by atoms with Gasteiger partial charge in [0.25, 0.3) is 0 Å². The van der Waals surface area contributed by atoms with E-state index in [-0.39, 0.29) is 24.7 Å². The van der Waals surface area contributed by atoms with E-state index in [4.69, 9.17) is 11.8 Å². The fourth-order valence-corrected chi connectivity index (χ4v) is 1.89. The van der Waals surface area contributed by atoms with Gasteiger partial charge in [-0.1, -0.05) is 13.8 Å². The molecule has 1 aliphatic heterocycles. The molecule has 0 saturated carbocycles. The van der Waals surface area contributed by atoms with Gasteiger partial charge in [-0.15, -0.1) is 0 Å². The Hall–Kier alpha value is -0.220. The Bertz CT molecular complexity index is 192. The van der Waals surface area contributed by atoms with Crippen LogP contribution in [0.25, 0.3) is 0 Å². The van der Waals surface area contributed by atoms with Crippen LogP contribution in [0.2, 0.25) is 0 Å². The lowest BCUT2D eigenvalue weighted by atomic mass is 10.4. The van der Waals surface area contributed by atoms with Gasteiger partial charge in [0.15, 0.2) is 0 Å². The number of nitrogens with zero attached hydrogens (tertiary/aromatic N) is 1. The standard InChI is InChI=1S/C6H14S.C4H4ClNO2/c1-3-5-7-6-4-2;5-6-3(7)1-2-4(6)8/h3-6H2,1-2H3;1-2H2.